The van der Waals surface area contributed by atoms with E-state index < -0.39 is 52.0 Å². The van der Waals surface area contributed by atoms with Gasteiger partial charge in [0.1, 0.15) is 0 Å². The smallest absolute Gasteiger partial charge is 0.457 e. The normalized spacial score (nSPS) is 19.3. The van der Waals surface area contributed by atoms with Crippen LogP contribution in [0.2, 0.25) is 0 Å². The van der Waals surface area contributed by atoms with Crippen LogP contribution in [0.5, 0.6) is 0 Å². The summed E-state index contributed by atoms with van der Waals surface area (Å²) in [5.41, 5.74) is 0. The maximum Gasteiger partial charge on any atom is 1.00 e. The molecule has 25 heavy (non-hydrogen) atoms. The summed E-state index contributed by atoms with van der Waals surface area (Å²) in [5.74, 6) is -3.98. The van der Waals surface area contributed by atoms with Crippen molar-refractivity contribution in [2.24, 2.45) is 0 Å². The predicted molar refractivity (Wildman–Crippen MR) is 75.1 cm³/mol. The molecule has 0 spiro atoms. The fourth-order valence-electron chi connectivity index (χ4n) is 2.01. The summed E-state index contributed by atoms with van der Waals surface area (Å²) in [4.78, 5) is 62.6. The number of hydrogen-bond acceptors (Lipinski definition) is 9. The fraction of sp³-hybridized carbons (Fsp3) is 0.417. The molecule has 2 aliphatic heterocycles. The Kier molecular flexibility index (Phi) is 9.15. The molecule has 0 aromatic carbocycles. The van der Waals surface area contributed by atoms with Crippen molar-refractivity contribution in [2.75, 3.05) is 6.54 Å². The van der Waals surface area contributed by atoms with Crippen LogP contribution in [0.25, 0.3) is 0 Å². The van der Waals surface area contributed by atoms with Crippen LogP contribution in [-0.4, -0.2) is 51.4 Å². The Labute approximate surface area is 165 Å². The van der Waals surface area contributed by atoms with Crippen LogP contribution >= 0.6 is 0 Å². The van der Waals surface area contributed by atoms with E-state index in [9.17, 15) is 32.4 Å². The largest absolute Gasteiger partial charge is 1.00 e. The van der Waals surface area contributed by atoms with Crippen LogP contribution in [-0.2, 0) is 53.4 Å². The van der Waals surface area contributed by atoms with Crippen LogP contribution in [0.1, 0.15) is 19.3 Å². The van der Waals surface area contributed by atoms with Gasteiger partial charge in [0.15, 0.2) is 0 Å². The first kappa shape index (κ1) is 23.4. The number of nitrogens with zero attached hydrogens (tertiary/aromatic N) is 2. The minimum absolute atomic E-state index is 0. The molecule has 0 aliphatic carbocycles. The zero-order chi connectivity index (χ0) is 17.1. The van der Waals surface area contributed by atoms with Gasteiger partial charge in [0.05, 0.1) is 0 Å². The van der Waals surface area contributed by atoms with E-state index in [0.29, 0.717) is 0 Å². The molecule has 1 atom stereocenters. The van der Waals surface area contributed by atoms with Gasteiger partial charge in [0, 0.05) is 36.8 Å². The van der Waals surface area contributed by atoms with Crippen molar-refractivity contribution >= 4 is 40.3 Å². The zero-order valence-electron chi connectivity index (χ0n) is 13.2. The van der Waals surface area contributed by atoms with Gasteiger partial charge >= 0.3 is 35.5 Å². The molecule has 1 saturated heterocycles. The number of hydrogen-bond donors (Lipinski definition) is 0. The Morgan fingerprint density at radius 3 is 2.20 bits per heavy atom. The Morgan fingerprint density at radius 1 is 1.16 bits per heavy atom. The molecule has 4 amide bonds. The molecule has 1 unspecified atom stereocenters. The molecule has 3 N–H and O–H groups in total. The van der Waals surface area contributed by atoms with E-state index in [1.165, 1.54) is 0 Å². The van der Waals surface area contributed by atoms with E-state index in [0.717, 1.165) is 17.1 Å². The molecule has 0 aromatic rings. The van der Waals surface area contributed by atoms with E-state index in [-0.39, 0.29) is 59.5 Å². The van der Waals surface area contributed by atoms with Crippen molar-refractivity contribution in [1.29, 1.82) is 0 Å². The summed E-state index contributed by atoms with van der Waals surface area (Å²) in [5, 5.41) is -1.42. The van der Waals surface area contributed by atoms with Crippen LogP contribution < -0.4 is 29.6 Å². The van der Waals surface area contributed by atoms with E-state index in [2.05, 4.69) is 4.84 Å². The second-order valence-electron chi connectivity index (χ2n) is 4.71. The molecule has 2 aliphatic rings. The first-order chi connectivity index (χ1) is 10.8. The Balaban J connectivity index is 0.00000288. The van der Waals surface area contributed by atoms with Gasteiger partial charge in [0.25, 0.3) is 23.6 Å². The molecule has 0 saturated carbocycles. The van der Waals surface area contributed by atoms with Crippen molar-refractivity contribution in [3.8, 4) is 0 Å². The first-order valence-electron chi connectivity index (χ1n) is 6.50. The minimum Gasteiger partial charge on any atom is -0.457 e. The van der Waals surface area contributed by atoms with Crippen LogP contribution in [0, 0.1) is 0 Å². The third kappa shape index (κ3) is 5.44. The van der Waals surface area contributed by atoms with Gasteiger partial charge in [-0.2, -0.15) is 0 Å². The fourth-order valence-corrected chi connectivity index (χ4v) is 2.55. The molecule has 13 heteroatoms. The van der Waals surface area contributed by atoms with Crippen molar-refractivity contribution in [3.05, 3.63) is 12.2 Å². The maximum atomic E-state index is 11.6. The van der Waals surface area contributed by atoms with Crippen LogP contribution in [0.15, 0.2) is 12.2 Å². The number of amides is 4. The molecular formula is C12H14N2NaO9S+. The number of carbonyl (C=O) groups is 5. The molecule has 11 nitrogen and oxygen atoms in total. The van der Waals surface area contributed by atoms with E-state index >= 15 is 0 Å². The van der Waals surface area contributed by atoms with Gasteiger partial charge in [-0.25, -0.2) is 4.79 Å². The monoisotopic (exact) mass is 385 g/mol. The quantitative estimate of drug-likeness (QED) is 0.189. The summed E-state index contributed by atoms with van der Waals surface area (Å²) in [6, 6.07) is 0. The van der Waals surface area contributed by atoms with Crippen LogP contribution in [0.3, 0.4) is 0 Å². The van der Waals surface area contributed by atoms with Crippen molar-refractivity contribution in [1.82, 2.24) is 9.96 Å². The summed E-state index contributed by atoms with van der Waals surface area (Å²) >= 11 is 0. The standard InChI is InChI=1S/C12H11N2O8S.Na.H2O/c15-8-3-4-9(16)13(8)5-1-2-11(18)22-14-10(17)6-7(12(14)19)23(20)21;;/h3-4,7H,1-2,5-6H2;;1H2/q-1;+1;/p+1. The van der Waals surface area contributed by atoms with Gasteiger partial charge < -0.3 is 18.7 Å². The van der Waals surface area contributed by atoms with E-state index in [1.54, 1.807) is 0 Å². The van der Waals surface area contributed by atoms with Crippen molar-refractivity contribution in [3.63, 3.8) is 0 Å². The summed E-state index contributed by atoms with van der Waals surface area (Å²) in [7, 11) is -2.78. The van der Waals surface area contributed by atoms with Gasteiger partial charge in [-0.15, -0.1) is 5.06 Å². The Morgan fingerprint density at radius 2 is 1.72 bits per heavy atom. The first-order valence-corrected chi connectivity index (χ1v) is 7.64. The number of imide groups is 2. The second kappa shape index (κ2) is 9.77. The van der Waals surface area contributed by atoms with Gasteiger partial charge in [-0.05, 0) is 6.42 Å². The van der Waals surface area contributed by atoms with E-state index in [1.807, 2.05) is 0 Å². The third-order valence-electron chi connectivity index (χ3n) is 3.15. The topological polar surface area (TPSA) is 168 Å². The van der Waals surface area contributed by atoms with Gasteiger partial charge in [-0.3, -0.25) is 24.1 Å². The number of hydroxylamine groups is 2. The summed E-state index contributed by atoms with van der Waals surface area (Å²) in [6.07, 6.45) is 1.44. The van der Waals surface area contributed by atoms with Crippen LogP contribution in [0.4, 0.5) is 0 Å². The molecule has 0 radical (unpaired) electrons. The number of carbonyl (C=O) groups excluding carboxylic acids is 5. The van der Waals surface area contributed by atoms with Crippen molar-refractivity contribution < 1.29 is 72.3 Å². The summed E-state index contributed by atoms with van der Waals surface area (Å²) < 4.78 is 21.5. The molecule has 2 heterocycles. The predicted octanol–water partition coefficient (Wildman–Crippen LogP) is -5.33. The molecule has 1 fully saturated rings. The SMILES string of the molecule is O=C(CCCN1C(=O)C=CC1=O)ON1C(=O)CC([S-](=O)=O)C1=O.[Na+].[OH3+]. The second-order valence-corrected chi connectivity index (χ2v) is 5.80. The zero-order valence-corrected chi connectivity index (χ0v) is 16.0. The van der Waals surface area contributed by atoms with Gasteiger partial charge in [-0.1, -0.05) is 10.7 Å². The number of rotatable bonds is 6. The Hall–Kier alpha value is -1.60. The maximum absolute atomic E-state index is 11.6. The Bertz CT molecular complexity index is 677. The molecule has 132 valence electrons. The van der Waals surface area contributed by atoms with E-state index in [4.69, 9.17) is 0 Å². The third-order valence-corrected chi connectivity index (χ3v) is 3.98. The minimum atomic E-state index is -2.78. The van der Waals surface area contributed by atoms with Crippen molar-refractivity contribution in [2.45, 2.75) is 24.5 Å². The molecule has 2 rings (SSSR count). The average molecular weight is 385 g/mol. The molecule has 0 aromatic heterocycles. The summed E-state index contributed by atoms with van der Waals surface area (Å²) in [6.45, 7) is -0.0190. The molecular weight excluding hydrogens is 371 g/mol. The van der Waals surface area contributed by atoms with Gasteiger partial charge in [0.2, 0.25) is 0 Å². The molecule has 0 bridgehead atoms. The average Bonchev–Trinajstić information content (AvgIpc) is 2.94.